The summed E-state index contributed by atoms with van der Waals surface area (Å²) in [4.78, 5) is 60.9. The van der Waals surface area contributed by atoms with Gasteiger partial charge in [0.25, 0.3) is 0 Å². The van der Waals surface area contributed by atoms with E-state index in [1.165, 1.54) is 25.8 Å². The van der Waals surface area contributed by atoms with E-state index in [2.05, 4.69) is 24.1 Å². The molecule has 0 aliphatic rings. The van der Waals surface area contributed by atoms with Crippen LogP contribution in [0.3, 0.4) is 0 Å². The van der Waals surface area contributed by atoms with E-state index in [0.717, 1.165) is 44.1 Å². The molecule has 0 aliphatic heterocycles. The fourth-order valence-corrected chi connectivity index (χ4v) is 5.09. The van der Waals surface area contributed by atoms with Crippen LogP contribution in [0, 0.1) is 17.8 Å². The lowest BCUT2D eigenvalue weighted by Crippen LogP contribution is -2.55. The van der Waals surface area contributed by atoms with Gasteiger partial charge in [0.15, 0.2) is 5.60 Å². The molecule has 0 bridgehead atoms. The number of amides is 1. The Morgan fingerprint density at radius 1 is 0.938 bits per heavy atom. The maximum absolute atomic E-state index is 13.5. The summed E-state index contributed by atoms with van der Waals surface area (Å²) in [7, 11) is 0. The maximum Gasteiger partial charge on any atom is 0.337 e. The van der Waals surface area contributed by atoms with Crippen molar-refractivity contribution in [2.24, 2.45) is 5.92 Å². The van der Waals surface area contributed by atoms with Crippen molar-refractivity contribution in [1.29, 1.82) is 0 Å². The van der Waals surface area contributed by atoms with Crippen LogP contribution in [-0.2, 0) is 35.1 Å². The largest absolute Gasteiger partial charge is 0.481 e. The Hall–Kier alpha value is -4.17. The molecule has 0 spiro atoms. The van der Waals surface area contributed by atoms with E-state index in [4.69, 9.17) is 9.47 Å². The Morgan fingerprint density at radius 2 is 1.56 bits per heavy atom. The Kier molecular flexibility index (Phi) is 21.0. The van der Waals surface area contributed by atoms with Crippen LogP contribution in [0.15, 0.2) is 36.4 Å². The normalized spacial score (nSPS) is 13.4. The van der Waals surface area contributed by atoms with Crippen LogP contribution in [-0.4, -0.2) is 69.8 Å². The zero-order valence-corrected chi connectivity index (χ0v) is 28.6. The zero-order valence-electron chi connectivity index (χ0n) is 28.6. The van der Waals surface area contributed by atoms with Crippen LogP contribution in [0.4, 0.5) is 0 Å². The minimum atomic E-state index is -2.93. The smallest absolute Gasteiger partial charge is 0.337 e. The van der Waals surface area contributed by atoms with Gasteiger partial charge in [-0.1, -0.05) is 75.7 Å². The van der Waals surface area contributed by atoms with Gasteiger partial charge in [0.2, 0.25) is 5.91 Å². The van der Waals surface area contributed by atoms with Gasteiger partial charge in [0, 0.05) is 19.8 Å². The number of ketones is 1. The molecule has 0 unspecified atom stereocenters. The number of unbranched alkanes of at least 4 members (excludes halogenated alkanes) is 8. The molecule has 48 heavy (non-hydrogen) atoms. The molecule has 1 amide bonds. The number of aliphatic hydroxyl groups is 1. The van der Waals surface area contributed by atoms with Crippen molar-refractivity contribution in [3.8, 4) is 17.6 Å². The van der Waals surface area contributed by atoms with Gasteiger partial charge in [-0.25, -0.2) is 4.79 Å². The SMILES string of the molecule is CC#CCOc1ccc(C[C@@H](COC(C)=O)NC(=O)[C@@H](C=CCCCCCCC(=O)CCCCCCC)[C@@](O)(CC(=O)O)C(=O)O)cc1. The molecule has 11 heteroatoms. The predicted octanol–water partition coefficient (Wildman–Crippen LogP) is 5.41. The first-order valence-corrected chi connectivity index (χ1v) is 16.8. The number of benzene rings is 1. The Labute approximate surface area is 284 Å². The molecular weight excluding hydrogens is 618 g/mol. The van der Waals surface area contributed by atoms with Gasteiger partial charge in [-0.15, -0.1) is 5.92 Å². The third-order valence-corrected chi connectivity index (χ3v) is 7.78. The summed E-state index contributed by atoms with van der Waals surface area (Å²) in [5, 5.41) is 32.9. The molecule has 0 heterocycles. The van der Waals surface area contributed by atoms with Crippen LogP contribution in [0.2, 0.25) is 0 Å². The summed E-state index contributed by atoms with van der Waals surface area (Å²) in [5.74, 6) is -0.339. The number of Topliss-reactive ketones (excluding diaryl/α,β-unsaturated/α-hetero) is 1. The predicted molar refractivity (Wildman–Crippen MR) is 181 cm³/mol. The van der Waals surface area contributed by atoms with E-state index < -0.39 is 47.8 Å². The van der Waals surface area contributed by atoms with Gasteiger partial charge in [0.1, 0.15) is 24.7 Å². The number of nitrogens with one attached hydrogen (secondary N) is 1. The van der Waals surface area contributed by atoms with E-state index in [9.17, 15) is 39.3 Å². The summed E-state index contributed by atoms with van der Waals surface area (Å²) in [6, 6.07) is 6.11. The van der Waals surface area contributed by atoms with Crippen molar-refractivity contribution in [3.05, 3.63) is 42.0 Å². The molecule has 4 N–H and O–H groups in total. The van der Waals surface area contributed by atoms with Crippen LogP contribution < -0.4 is 10.1 Å². The molecule has 1 aromatic carbocycles. The lowest BCUT2D eigenvalue weighted by molar-refractivity contribution is -0.172. The summed E-state index contributed by atoms with van der Waals surface area (Å²) < 4.78 is 10.6. The summed E-state index contributed by atoms with van der Waals surface area (Å²) in [6.07, 6.45) is 12.0. The van der Waals surface area contributed by atoms with Gasteiger partial charge in [-0.05, 0) is 56.7 Å². The van der Waals surface area contributed by atoms with Crippen LogP contribution in [0.25, 0.3) is 0 Å². The van der Waals surface area contributed by atoms with E-state index >= 15 is 0 Å². The van der Waals surface area contributed by atoms with E-state index in [1.807, 2.05) is 0 Å². The van der Waals surface area contributed by atoms with Crippen molar-refractivity contribution in [3.63, 3.8) is 0 Å². The lowest BCUT2D eigenvalue weighted by Gasteiger charge is -2.30. The van der Waals surface area contributed by atoms with Gasteiger partial charge in [-0.3, -0.25) is 19.2 Å². The van der Waals surface area contributed by atoms with E-state index in [-0.39, 0.29) is 25.4 Å². The average Bonchev–Trinajstić information content (AvgIpc) is 3.03. The number of carbonyl (C=O) groups is 5. The highest BCUT2D eigenvalue weighted by Gasteiger charge is 2.49. The topological polar surface area (TPSA) is 177 Å². The summed E-state index contributed by atoms with van der Waals surface area (Å²) >= 11 is 0. The second-order valence-corrected chi connectivity index (χ2v) is 11.9. The van der Waals surface area contributed by atoms with Crippen molar-refractivity contribution in [1.82, 2.24) is 5.32 Å². The number of allylic oxidation sites excluding steroid dienone is 1. The number of carboxylic acids is 2. The van der Waals surface area contributed by atoms with E-state index in [1.54, 1.807) is 37.3 Å². The summed E-state index contributed by atoms with van der Waals surface area (Å²) in [5.41, 5.74) is -2.20. The van der Waals surface area contributed by atoms with Gasteiger partial charge in [0.05, 0.1) is 18.4 Å². The van der Waals surface area contributed by atoms with Crippen LogP contribution >= 0.6 is 0 Å². The van der Waals surface area contributed by atoms with E-state index in [0.29, 0.717) is 31.4 Å². The second-order valence-electron chi connectivity index (χ2n) is 11.9. The van der Waals surface area contributed by atoms with Crippen molar-refractivity contribution in [2.75, 3.05) is 13.2 Å². The molecule has 0 saturated carbocycles. The van der Waals surface area contributed by atoms with Gasteiger partial charge in [-0.2, -0.15) is 0 Å². The van der Waals surface area contributed by atoms with Crippen LogP contribution in [0.1, 0.15) is 110 Å². The third kappa shape index (κ3) is 17.7. The molecule has 0 saturated heterocycles. The first kappa shape index (κ1) is 41.9. The Morgan fingerprint density at radius 3 is 2.12 bits per heavy atom. The molecular formula is C37H53NO10. The molecule has 1 aromatic rings. The van der Waals surface area contributed by atoms with Crippen molar-refractivity contribution in [2.45, 2.75) is 122 Å². The highest BCUT2D eigenvalue weighted by Crippen LogP contribution is 2.26. The maximum atomic E-state index is 13.5. The molecule has 1 rings (SSSR count). The number of aliphatic carboxylic acids is 2. The van der Waals surface area contributed by atoms with Crippen molar-refractivity contribution >= 4 is 29.6 Å². The van der Waals surface area contributed by atoms with Gasteiger partial charge < -0.3 is 30.1 Å². The monoisotopic (exact) mass is 671 g/mol. The number of carboxylic acid groups (broad SMARTS) is 2. The number of hydrogen-bond acceptors (Lipinski definition) is 8. The molecule has 0 aliphatic carbocycles. The zero-order chi connectivity index (χ0) is 35.8. The number of esters is 1. The standard InChI is InChI=1S/C37H53NO10/c1-4-6-8-11-14-17-31(40)18-15-12-9-10-13-16-19-33(37(46,36(44)45)26-34(41)42)35(43)38-30(27-48-28(3)39)25-29-20-22-32(23-21-29)47-24-7-5-2/h16,19-23,30,33,46H,4,6,8-15,17-18,24-27H2,1-3H3,(H,38,43)(H,41,42)(H,44,45)/t30-,33+,37-/m0/s1. The van der Waals surface area contributed by atoms with Gasteiger partial charge >= 0.3 is 17.9 Å². The summed E-state index contributed by atoms with van der Waals surface area (Å²) in [6.45, 7) is 5.04. The fraction of sp³-hybridized carbons (Fsp3) is 0.595. The third-order valence-electron chi connectivity index (χ3n) is 7.78. The molecule has 266 valence electrons. The molecule has 11 nitrogen and oxygen atoms in total. The molecule has 0 fully saturated rings. The lowest BCUT2D eigenvalue weighted by atomic mass is 9.82. The minimum absolute atomic E-state index is 0.177. The number of ether oxygens (including phenoxy) is 2. The first-order valence-electron chi connectivity index (χ1n) is 16.8. The molecule has 0 aromatic heterocycles. The highest BCUT2D eigenvalue weighted by atomic mass is 16.5. The average molecular weight is 672 g/mol. The van der Waals surface area contributed by atoms with Crippen LogP contribution in [0.5, 0.6) is 5.75 Å². The quantitative estimate of drug-likeness (QED) is 0.0431. The first-order chi connectivity index (χ1) is 22.9. The van der Waals surface area contributed by atoms with Crippen molar-refractivity contribution < 1.29 is 48.8 Å². The second kappa shape index (κ2) is 24.0. The molecule has 0 radical (unpaired) electrons. The number of rotatable bonds is 26. The highest BCUT2D eigenvalue weighted by molar-refractivity contribution is 5.93. The molecule has 3 atom stereocenters. The Bertz CT molecular complexity index is 1250. The fourth-order valence-electron chi connectivity index (χ4n) is 5.09. The Balaban J connectivity index is 2.91. The number of carbonyl (C=O) groups excluding carboxylic acids is 3. The minimum Gasteiger partial charge on any atom is -0.481 e. The number of hydrogen-bond donors (Lipinski definition) is 4.